The summed E-state index contributed by atoms with van der Waals surface area (Å²) in [6.45, 7) is 4.08. The van der Waals surface area contributed by atoms with Gasteiger partial charge in [0.05, 0.1) is 0 Å². The van der Waals surface area contributed by atoms with Gasteiger partial charge < -0.3 is 10.6 Å². The fourth-order valence-electron chi connectivity index (χ4n) is 1.09. The molecule has 0 saturated carbocycles. The van der Waals surface area contributed by atoms with E-state index in [4.69, 9.17) is 0 Å². The third-order valence-electron chi connectivity index (χ3n) is 1.84. The number of rotatable bonds is 4. The van der Waals surface area contributed by atoms with Crippen molar-refractivity contribution in [2.24, 2.45) is 0 Å². The molecule has 0 spiro atoms. The van der Waals surface area contributed by atoms with Crippen LogP contribution in [0.4, 0.5) is 5.69 Å². The topological polar surface area (TPSA) is 24.1 Å². The van der Waals surface area contributed by atoms with Gasteiger partial charge in [-0.15, -0.1) is 12.4 Å². The molecular formula is C10H17ClN2. The van der Waals surface area contributed by atoms with Crippen LogP contribution >= 0.6 is 12.4 Å². The fraction of sp³-hybridized carbons (Fsp3) is 0.400. The molecule has 2 nitrogen and oxygen atoms in total. The molecule has 3 heteroatoms. The molecule has 0 aliphatic carbocycles. The first kappa shape index (κ1) is 12.3. The number of likely N-dealkylation sites (N-methyl/N-ethyl adjacent to an activating group) is 1. The van der Waals surface area contributed by atoms with Crippen molar-refractivity contribution >= 4 is 18.1 Å². The van der Waals surface area contributed by atoms with E-state index >= 15 is 0 Å². The van der Waals surface area contributed by atoms with E-state index in [2.05, 4.69) is 41.8 Å². The Labute approximate surface area is 86.1 Å². The minimum Gasteiger partial charge on any atom is -0.384 e. The van der Waals surface area contributed by atoms with E-state index in [0.717, 1.165) is 13.1 Å². The first-order valence-electron chi connectivity index (χ1n) is 4.28. The Morgan fingerprint density at radius 1 is 1.15 bits per heavy atom. The maximum Gasteiger partial charge on any atom is 0.0370 e. The minimum atomic E-state index is 0. The van der Waals surface area contributed by atoms with Crippen molar-refractivity contribution in [1.29, 1.82) is 0 Å². The van der Waals surface area contributed by atoms with E-state index in [9.17, 15) is 0 Å². The van der Waals surface area contributed by atoms with Gasteiger partial charge in [-0.25, -0.2) is 0 Å². The molecule has 0 aliphatic rings. The molecule has 74 valence electrons. The van der Waals surface area contributed by atoms with Gasteiger partial charge in [-0.1, -0.05) is 18.2 Å². The Bertz CT molecular complexity index is 238. The lowest BCUT2D eigenvalue weighted by molar-refractivity contribution is 0.823. The van der Waals surface area contributed by atoms with Gasteiger partial charge >= 0.3 is 0 Å². The smallest absolute Gasteiger partial charge is 0.0370 e. The summed E-state index contributed by atoms with van der Waals surface area (Å²) in [5.74, 6) is 0. The molecule has 0 atom stereocenters. The zero-order valence-corrected chi connectivity index (χ0v) is 8.95. The second-order valence-corrected chi connectivity index (χ2v) is 2.85. The molecule has 0 amide bonds. The van der Waals surface area contributed by atoms with Crippen LogP contribution in [-0.4, -0.2) is 20.1 Å². The van der Waals surface area contributed by atoms with Crippen molar-refractivity contribution in [2.75, 3.05) is 25.5 Å². The van der Waals surface area contributed by atoms with Gasteiger partial charge in [0.1, 0.15) is 0 Å². The first-order chi connectivity index (χ1) is 5.84. The minimum absolute atomic E-state index is 0. The molecule has 0 aliphatic heterocycles. The molecule has 0 saturated heterocycles. The normalized spacial score (nSPS) is 9.08. The molecule has 2 N–H and O–H groups in total. The van der Waals surface area contributed by atoms with E-state index in [1.54, 1.807) is 0 Å². The number of aryl methyl sites for hydroxylation is 1. The third-order valence-corrected chi connectivity index (χ3v) is 1.84. The third kappa shape index (κ3) is 4.15. The van der Waals surface area contributed by atoms with Crippen molar-refractivity contribution in [3.8, 4) is 0 Å². The zero-order chi connectivity index (χ0) is 8.81. The highest BCUT2D eigenvalue weighted by atomic mass is 35.5. The first-order valence-corrected chi connectivity index (χ1v) is 4.28. The predicted octanol–water partition coefficient (Wildman–Crippen LogP) is 2.05. The maximum absolute atomic E-state index is 3.35. The second-order valence-electron chi connectivity index (χ2n) is 2.85. The van der Waals surface area contributed by atoms with Crippen LogP contribution in [-0.2, 0) is 0 Å². The summed E-state index contributed by atoms with van der Waals surface area (Å²) in [6.07, 6.45) is 0. The summed E-state index contributed by atoms with van der Waals surface area (Å²) in [4.78, 5) is 0. The Balaban J connectivity index is 0.00000144. The van der Waals surface area contributed by atoms with Crippen LogP contribution < -0.4 is 10.6 Å². The van der Waals surface area contributed by atoms with Gasteiger partial charge in [-0.05, 0) is 25.6 Å². The lowest BCUT2D eigenvalue weighted by Gasteiger charge is -2.07. The number of benzene rings is 1. The van der Waals surface area contributed by atoms with Gasteiger partial charge in [0, 0.05) is 18.8 Å². The van der Waals surface area contributed by atoms with E-state index in [1.807, 2.05) is 7.05 Å². The summed E-state index contributed by atoms with van der Waals surface area (Å²) in [5.41, 5.74) is 2.53. The van der Waals surface area contributed by atoms with Gasteiger partial charge in [-0.3, -0.25) is 0 Å². The number of hydrogen-bond acceptors (Lipinski definition) is 2. The second kappa shape index (κ2) is 6.75. The highest BCUT2D eigenvalue weighted by Gasteiger charge is 1.92. The molecule has 0 radical (unpaired) electrons. The number of nitrogens with one attached hydrogen (secondary N) is 2. The van der Waals surface area contributed by atoms with E-state index in [-0.39, 0.29) is 12.4 Å². The monoisotopic (exact) mass is 200 g/mol. The predicted molar refractivity (Wildman–Crippen MR) is 60.8 cm³/mol. The summed E-state index contributed by atoms with van der Waals surface area (Å²) < 4.78 is 0. The molecule has 0 aromatic heterocycles. The van der Waals surface area contributed by atoms with Crippen LogP contribution in [0.1, 0.15) is 5.56 Å². The Morgan fingerprint density at radius 2 is 1.85 bits per heavy atom. The molecule has 0 heterocycles. The standard InChI is InChI=1S/C10H16N2.ClH/c1-9-5-3-4-6-10(9)12-8-7-11-2;/h3-6,11-12H,7-8H2,1-2H3;1H. The van der Waals surface area contributed by atoms with Crippen LogP contribution in [0.15, 0.2) is 24.3 Å². The average molecular weight is 201 g/mol. The molecule has 13 heavy (non-hydrogen) atoms. The summed E-state index contributed by atoms with van der Waals surface area (Å²) in [5, 5.41) is 6.45. The van der Waals surface area contributed by atoms with Crippen LogP contribution in [0.3, 0.4) is 0 Å². The van der Waals surface area contributed by atoms with E-state index in [0.29, 0.717) is 0 Å². The highest BCUT2D eigenvalue weighted by Crippen LogP contribution is 2.11. The van der Waals surface area contributed by atoms with Gasteiger partial charge in [0.2, 0.25) is 0 Å². The SMILES string of the molecule is CNCCNc1ccccc1C.Cl. The molecule has 1 rings (SSSR count). The zero-order valence-electron chi connectivity index (χ0n) is 8.13. The van der Waals surface area contributed by atoms with Crippen molar-refractivity contribution < 1.29 is 0 Å². The Kier molecular flexibility index (Phi) is 6.37. The van der Waals surface area contributed by atoms with Crippen molar-refractivity contribution in [1.82, 2.24) is 5.32 Å². The number of halogens is 1. The van der Waals surface area contributed by atoms with E-state index in [1.165, 1.54) is 11.3 Å². The van der Waals surface area contributed by atoms with E-state index < -0.39 is 0 Å². The largest absolute Gasteiger partial charge is 0.384 e. The van der Waals surface area contributed by atoms with Crippen molar-refractivity contribution in [3.05, 3.63) is 29.8 Å². The number of hydrogen-bond donors (Lipinski definition) is 2. The van der Waals surface area contributed by atoms with Crippen LogP contribution in [0.2, 0.25) is 0 Å². The molecular weight excluding hydrogens is 184 g/mol. The van der Waals surface area contributed by atoms with Gasteiger partial charge in [-0.2, -0.15) is 0 Å². The average Bonchev–Trinajstić information content (AvgIpc) is 2.09. The Morgan fingerprint density at radius 3 is 2.46 bits per heavy atom. The molecule has 0 bridgehead atoms. The van der Waals surface area contributed by atoms with Gasteiger partial charge in [0.25, 0.3) is 0 Å². The summed E-state index contributed by atoms with van der Waals surface area (Å²) in [6, 6.07) is 8.32. The highest BCUT2D eigenvalue weighted by molar-refractivity contribution is 5.85. The molecule has 1 aromatic carbocycles. The molecule has 1 aromatic rings. The fourth-order valence-corrected chi connectivity index (χ4v) is 1.09. The molecule has 0 unspecified atom stereocenters. The lowest BCUT2D eigenvalue weighted by Crippen LogP contribution is -2.17. The van der Waals surface area contributed by atoms with Crippen LogP contribution in [0.25, 0.3) is 0 Å². The Hall–Kier alpha value is -0.730. The van der Waals surface area contributed by atoms with Crippen LogP contribution in [0, 0.1) is 6.92 Å². The summed E-state index contributed by atoms with van der Waals surface area (Å²) in [7, 11) is 1.96. The molecule has 0 fully saturated rings. The summed E-state index contributed by atoms with van der Waals surface area (Å²) >= 11 is 0. The van der Waals surface area contributed by atoms with Crippen molar-refractivity contribution in [3.63, 3.8) is 0 Å². The number of anilines is 1. The lowest BCUT2D eigenvalue weighted by atomic mass is 10.2. The number of para-hydroxylation sites is 1. The van der Waals surface area contributed by atoms with Crippen LogP contribution in [0.5, 0.6) is 0 Å². The maximum atomic E-state index is 3.35. The van der Waals surface area contributed by atoms with Crippen molar-refractivity contribution in [2.45, 2.75) is 6.92 Å². The quantitative estimate of drug-likeness (QED) is 0.728. The van der Waals surface area contributed by atoms with Gasteiger partial charge in [0.15, 0.2) is 0 Å².